The van der Waals surface area contributed by atoms with Crippen molar-refractivity contribution in [2.75, 3.05) is 26.2 Å². The molecule has 0 aliphatic carbocycles. The fourth-order valence-electron chi connectivity index (χ4n) is 3.86. The summed E-state index contributed by atoms with van der Waals surface area (Å²) in [7, 11) is -3.61. The summed E-state index contributed by atoms with van der Waals surface area (Å²) in [6, 6.07) is 12.7. The number of nitrogens with zero attached hydrogens (tertiary/aromatic N) is 1. The van der Waals surface area contributed by atoms with Crippen LogP contribution in [0.3, 0.4) is 0 Å². The van der Waals surface area contributed by atoms with Gasteiger partial charge in [-0.15, -0.1) is 0 Å². The molecule has 0 saturated carbocycles. The number of carbonyl (C=O) groups excluding carboxylic acids is 1. The molecule has 0 radical (unpaired) electrons. The van der Waals surface area contributed by atoms with Crippen LogP contribution in [-0.2, 0) is 27.0 Å². The molecule has 1 fully saturated rings. The van der Waals surface area contributed by atoms with Gasteiger partial charge in [0.1, 0.15) is 12.4 Å². The van der Waals surface area contributed by atoms with Crippen LogP contribution in [0, 0.1) is 5.92 Å². The Balaban J connectivity index is 1.47. The first-order chi connectivity index (χ1) is 15.8. The Bertz CT molecular complexity index is 1040. The summed E-state index contributed by atoms with van der Waals surface area (Å²) in [6.45, 7) is 3.42. The van der Waals surface area contributed by atoms with E-state index in [2.05, 4.69) is 12.2 Å². The van der Waals surface area contributed by atoms with E-state index in [0.29, 0.717) is 48.1 Å². The van der Waals surface area contributed by atoms with Gasteiger partial charge in [-0.05, 0) is 54.7 Å². The molecule has 2 aromatic carbocycles. The molecule has 9 heteroatoms. The van der Waals surface area contributed by atoms with Gasteiger partial charge in [0.15, 0.2) is 0 Å². The smallest absolute Gasteiger partial charge is 0.224 e. The summed E-state index contributed by atoms with van der Waals surface area (Å²) >= 11 is 12.0. The van der Waals surface area contributed by atoms with Crippen LogP contribution in [0.25, 0.3) is 0 Å². The number of piperidine rings is 1. The van der Waals surface area contributed by atoms with Crippen molar-refractivity contribution in [3.8, 4) is 5.75 Å². The number of hydrogen-bond donors (Lipinski definition) is 1. The summed E-state index contributed by atoms with van der Waals surface area (Å²) in [5, 5.41) is 3.64. The van der Waals surface area contributed by atoms with Crippen LogP contribution in [0.1, 0.15) is 37.3 Å². The van der Waals surface area contributed by atoms with E-state index in [-0.39, 0.29) is 24.1 Å². The Morgan fingerprint density at radius 1 is 1.18 bits per heavy atom. The zero-order valence-electron chi connectivity index (χ0n) is 18.7. The van der Waals surface area contributed by atoms with Crippen LogP contribution in [0.4, 0.5) is 0 Å². The zero-order valence-corrected chi connectivity index (χ0v) is 21.1. The molecule has 1 N–H and O–H groups in total. The second kappa shape index (κ2) is 12.1. The Morgan fingerprint density at radius 2 is 1.94 bits per heavy atom. The monoisotopic (exact) mass is 512 g/mol. The first kappa shape index (κ1) is 25.8. The normalized spacial score (nSPS) is 17.0. The van der Waals surface area contributed by atoms with Crippen molar-refractivity contribution in [2.45, 2.75) is 38.4 Å². The van der Waals surface area contributed by atoms with Gasteiger partial charge in [-0.2, -0.15) is 0 Å². The number of carbonyl (C=O) groups is 1. The van der Waals surface area contributed by atoms with E-state index in [1.807, 2.05) is 24.3 Å². The van der Waals surface area contributed by atoms with Crippen molar-refractivity contribution >= 4 is 39.1 Å². The molecule has 33 heavy (non-hydrogen) atoms. The summed E-state index contributed by atoms with van der Waals surface area (Å²) in [5.74, 6) is 0.00569. The van der Waals surface area contributed by atoms with Crippen molar-refractivity contribution in [3.05, 3.63) is 63.6 Å². The minimum absolute atomic E-state index is 0.152. The Morgan fingerprint density at radius 3 is 2.64 bits per heavy atom. The van der Waals surface area contributed by atoms with Crippen molar-refractivity contribution in [3.63, 3.8) is 0 Å². The molecule has 1 aliphatic heterocycles. The summed E-state index contributed by atoms with van der Waals surface area (Å²) < 4.78 is 32.9. The van der Waals surface area contributed by atoms with Crippen molar-refractivity contribution in [1.82, 2.24) is 9.62 Å². The number of aryl methyl sites for hydroxylation is 1. The van der Waals surface area contributed by atoms with E-state index in [1.165, 1.54) is 15.9 Å². The Hall–Kier alpha value is -1.80. The molecule has 0 spiro atoms. The SMILES string of the molecule is CCCc1ccc(OCCNC(=O)[C@H]2CCCN(S(=O)(=O)Cc3ccc(Cl)cc3Cl)C2)cc1. The number of ether oxygens (including phenoxy) is 1. The fraction of sp³-hybridized carbons (Fsp3) is 0.458. The molecule has 3 rings (SSSR count). The molecule has 0 bridgehead atoms. The molecular weight excluding hydrogens is 483 g/mol. The maximum Gasteiger partial charge on any atom is 0.224 e. The number of benzene rings is 2. The third-order valence-corrected chi connectivity index (χ3v) is 8.01. The number of sulfonamides is 1. The van der Waals surface area contributed by atoms with Gasteiger partial charge in [0.05, 0.1) is 18.2 Å². The molecule has 1 amide bonds. The number of halogens is 2. The summed E-state index contributed by atoms with van der Waals surface area (Å²) in [6.07, 6.45) is 3.42. The first-order valence-electron chi connectivity index (χ1n) is 11.2. The maximum absolute atomic E-state index is 12.9. The lowest BCUT2D eigenvalue weighted by Gasteiger charge is -2.31. The van der Waals surface area contributed by atoms with Crippen molar-refractivity contribution < 1.29 is 17.9 Å². The molecule has 1 aliphatic rings. The molecule has 1 atom stereocenters. The van der Waals surface area contributed by atoms with Gasteiger partial charge >= 0.3 is 0 Å². The van der Waals surface area contributed by atoms with Gasteiger partial charge in [0, 0.05) is 23.1 Å². The minimum atomic E-state index is -3.61. The third-order valence-electron chi connectivity index (χ3n) is 5.63. The topological polar surface area (TPSA) is 75.7 Å². The first-order valence-corrected chi connectivity index (χ1v) is 13.6. The van der Waals surface area contributed by atoms with Crippen LogP contribution < -0.4 is 10.1 Å². The van der Waals surface area contributed by atoms with Gasteiger partial charge < -0.3 is 10.1 Å². The number of hydrogen-bond acceptors (Lipinski definition) is 4. The lowest BCUT2D eigenvalue weighted by atomic mass is 9.99. The second-order valence-corrected chi connectivity index (χ2v) is 11.0. The highest BCUT2D eigenvalue weighted by Crippen LogP contribution is 2.26. The van der Waals surface area contributed by atoms with Gasteiger partial charge in [0.2, 0.25) is 15.9 Å². The lowest BCUT2D eigenvalue weighted by molar-refractivity contribution is -0.126. The largest absolute Gasteiger partial charge is 0.492 e. The van der Waals surface area contributed by atoms with E-state index in [0.717, 1.165) is 18.6 Å². The van der Waals surface area contributed by atoms with Crippen molar-refractivity contribution in [1.29, 1.82) is 0 Å². The highest BCUT2D eigenvalue weighted by atomic mass is 35.5. The van der Waals surface area contributed by atoms with Crippen LogP contribution in [0.2, 0.25) is 10.0 Å². The van der Waals surface area contributed by atoms with Gasteiger partial charge in [-0.25, -0.2) is 12.7 Å². The highest BCUT2D eigenvalue weighted by Gasteiger charge is 2.32. The van der Waals surface area contributed by atoms with Gasteiger partial charge in [-0.1, -0.05) is 54.7 Å². The van der Waals surface area contributed by atoms with E-state index >= 15 is 0 Å². The van der Waals surface area contributed by atoms with E-state index in [9.17, 15) is 13.2 Å². The van der Waals surface area contributed by atoms with Crippen LogP contribution in [-0.4, -0.2) is 44.9 Å². The quantitative estimate of drug-likeness (QED) is 0.468. The Labute approximate surface area is 206 Å². The molecule has 1 heterocycles. The molecule has 180 valence electrons. The molecule has 2 aromatic rings. The molecule has 0 unspecified atom stereocenters. The highest BCUT2D eigenvalue weighted by molar-refractivity contribution is 7.88. The van der Waals surface area contributed by atoms with Crippen LogP contribution in [0.15, 0.2) is 42.5 Å². The summed E-state index contributed by atoms with van der Waals surface area (Å²) in [5.41, 5.74) is 1.76. The predicted octanol–water partition coefficient (Wildman–Crippen LogP) is 4.68. The predicted molar refractivity (Wildman–Crippen MR) is 132 cm³/mol. The fourth-order valence-corrected chi connectivity index (χ4v) is 6.06. The maximum atomic E-state index is 12.9. The van der Waals surface area contributed by atoms with Gasteiger partial charge in [0.25, 0.3) is 0 Å². The molecule has 1 saturated heterocycles. The summed E-state index contributed by atoms with van der Waals surface area (Å²) in [4.78, 5) is 12.6. The van der Waals surface area contributed by atoms with Gasteiger partial charge in [-0.3, -0.25) is 4.79 Å². The van der Waals surface area contributed by atoms with Crippen molar-refractivity contribution in [2.24, 2.45) is 5.92 Å². The number of amides is 1. The molecule has 0 aromatic heterocycles. The second-order valence-electron chi connectivity index (χ2n) is 8.22. The molecule has 6 nitrogen and oxygen atoms in total. The lowest BCUT2D eigenvalue weighted by Crippen LogP contribution is -2.46. The van der Waals surface area contributed by atoms with E-state index in [1.54, 1.807) is 12.1 Å². The average Bonchev–Trinajstić information content (AvgIpc) is 2.80. The number of rotatable bonds is 10. The average molecular weight is 513 g/mol. The van der Waals surface area contributed by atoms with E-state index in [4.69, 9.17) is 27.9 Å². The number of nitrogens with one attached hydrogen (secondary N) is 1. The van der Waals surface area contributed by atoms with E-state index < -0.39 is 10.0 Å². The zero-order chi connectivity index (χ0) is 23.8. The van der Waals surface area contributed by atoms with Crippen LogP contribution >= 0.6 is 23.2 Å². The third kappa shape index (κ3) is 7.60. The minimum Gasteiger partial charge on any atom is -0.492 e. The standard InChI is InChI=1S/C24H30Cl2N2O4S/c1-2-4-18-6-10-22(11-7-18)32-14-12-27-24(29)19-5-3-13-28(16-19)33(30,31)17-20-8-9-21(25)15-23(20)26/h6-11,15,19H,2-5,12-14,16-17H2,1H3,(H,27,29)/t19-/m0/s1. The Kier molecular flexibility index (Phi) is 9.44. The van der Waals surface area contributed by atoms with Crippen LogP contribution in [0.5, 0.6) is 5.75 Å². The molecular formula is C24H30Cl2N2O4S.